The molecule has 0 unspecified atom stereocenters. The van der Waals surface area contributed by atoms with E-state index in [9.17, 15) is 18.0 Å². The van der Waals surface area contributed by atoms with Crippen molar-refractivity contribution in [2.45, 2.75) is 32.6 Å². The molecule has 0 amide bonds. The topological polar surface area (TPSA) is 17.1 Å². The van der Waals surface area contributed by atoms with Crippen molar-refractivity contribution in [3.05, 3.63) is 33.5 Å². The van der Waals surface area contributed by atoms with E-state index in [1.807, 2.05) is 20.8 Å². The Morgan fingerprint density at radius 3 is 2.24 bits per heavy atom. The van der Waals surface area contributed by atoms with Crippen molar-refractivity contribution in [1.29, 1.82) is 0 Å². The van der Waals surface area contributed by atoms with Crippen LogP contribution in [0.2, 0.25) is 0 Å². The highest BCUT2D eigenvalue weighted by atomic mass is 79.9. The molecular formula is C12H12BrF3O. The lowest BCUT2D eigenvalue weighted by atomic mass is 9.85. The van der Waals surface area contributed by atoms with Gasteiger partial charge in [0.2, 0.25) is 5.78 Å². The highest BCUT2D eigenvalue weighted by Crippen LogP contribution is 2.30. The van der Waals surface area contributed by atoms with Gasteiger partial charge in [-0.05, 0) is 39.0 Å². The van der Waals surface area contributed by atoms with Crippen LogP contribution in [-0.4, -0.2) is 12.2 Å². The van der Waals surface area contributed by atoms with Gasteiger partial charge >= 0.3 is 6.43 Å². The van der Waals surface area contributed by atoms with E-state index in [0.717, 1.165) is 0 Å². The van der Waals surface area contributed by atoms with Crippen molar-refractivity contribution < 1.29 is 18.0 Å². The van der Waals surface area contributed by atoms with Crippen LogP contribution < -0.4 is 0 Å². The Bertz CT molecular complexity index is 450. The Labute approximate surface area is 106 Å². The maximum Gasteiger partial charge on any atom is 0.300 e. The number of alkyl halides is 2. The molecule has 0 aliphatic rings. The van der Waals surface area contributed by atoms with Crippen LogP contribution in [0.5, 0.6) is 0 Å². The van der Waals surface area contributed by atoms with Crippen molar-refractivity contribution in [2.75, 3.05) is 0 Å². The van der Waals surface area contributed by atoms with Crippen LogP contribution in [0, 0.1) is 5.82 Å². The van der Waals surface area contributed by atoms with E-state index in [2.05, 4.69) is 15.9 Å². The second-order valence-electron chi connectivity index (χ2n) is 4.73. The molecule has 1 rings (SSSR count). The summed E-state index contributed by atoms with van der Waals surface area (Å²) in [6, 6.07) is 2.69. The molecule has 1 aromatic rings. The Morgan fingerprint density at radius 2 is 1.82 bits per heavy atom. The molecule has 0 aromatic heterocycles. The highest BCUT2D eigenvalue weighted by Gasteiger charge is 2.26. The monoisotopic (exact) mass is 308 g/mol. The Balaban J connectivity index is 3.41. The molecule has 0 fully saturated rings. The van der Waals surface area contributed by atoms with Gasteiger partial charge in [0, 0.05) is 0 Å². The lowest BCUT2D eigenvalue weighted by molar-refractivity contribution is 0.0674. The maximum atomic E-state index is 13.6. The lowest BCUT2D eigenvalue weighted by Crippen LogP contribution is -2.17. The van der Waals surface area contributed by atoms with Crippen molar-refractivity contribution in [3.63, 3.8) is 0 Å². The number of Topliss-reactive ketones (excluding diaryl/α,β-unsaturated/α-hetero) is 1. The summed E-state index contributed by atoms with van der Waals surface area (Å²) < 4.78 is 38.2. The standard InChI is InChI=1S/C12H12BrF3O/c1-12(2,3)6-4-7(10(17)11(15)16)9(14)8(13)5-6/h4-5,11H,1-3H3. The summed E-state index contributed by atoms with van der Waals surface area (Å²) in [4.78, 5) is 11.2. The number of carbonyl (C=O) groups excluding carboxylic acids is 1. The van der Waals surface area contributed by atoms with Gasteiger partial charge in [-0.3, -0.25) is 4.79 Å². The summed E-state index contributed by atoms with van der Waals surface area (Å²) >= 11 is 2.93. The first-order chi connectivity index (χ1) is 7.64. The summed E-state index contributed by atoms with van der Waals surface area (Å²) in [7, 11) is 0. The molecule has 1 nitrogen and oxygen atoms in total. The Morgan fingerprint density at radius 1 is 1.29 bits per heavy atom. The molecule has 0 aliphatic carbocycles. The average Bonchev–Trinajstić information content (AvgIpc) is 2.19. The first kappa shape index (κ1) is 14.2. The third-order valence-electron chi connectivity index (χ3n) is 2.36. The van der Waals surface area contributed by atoms with E-state index in [1.54, 1.807) is 0 Å². The molecule has 1 aromatic carbocycles. The van der Waals surface area contributed by atoms with Gasteiger partial charge in [-0.1, -0.05) is 20.8 Å². The molecule has 0 aliphatic heterocycles. The summed E-state index contributed by atoms with van der Waals surface area (Å²) in [6.45, 7) is 5.55. The molecule has 0 N–H and O–H groups in total. The van der Waals surface area contributed by atoms with Crippen LogP contribution in [0.3, 0.4) is 0 Å². The molecule has 0 saturated heterocycles. The zero-order chi connectivity index (χ0) is 13.4. The molecule has 0 heterocycles. The summed E-state index contributed by atoms with van der Waals surface area (Å²) in [5.41, 5.74) is -0.304. The van der Waals surface area contributed by atoms with Crippen molar-refractivity contribution in [3.8, 4) is 0 Å². The second kappa shape index (κ2) is 4.80. The fourth-order valence-electron chi connectivity index (χ4n) is 1.32. The number of halogens is 4. The molecular weight excluding hydrogens is 297 g/mol. The Hall–Kier alpha value is -0.840. The van der Waals surface area contributed by atoms with Crippen molar-refractivity contribution >= 4 is 21.7 Å². The summed E-state index contributed by atoms with van der Waals surface area (Å²) in [5, 5.41) is 0. The zero-order valence-corrected chi connectivity index (χ0v) is 11.2. The van der Waals surface area contributed by atoms with Crippen molar-refractivity contribution in [2.24, 2.45) is 0 Å². The molecule has 0 saturated carbocycles. The summed E-state index contributed by atoms with van der Waals surface area (Å²) in [6.07, 6.45) is -3.20. The largest absolute Gasteiger partial charge is 0.300 e. The molecule has 0 atom stereocenters. The van der Waals surface area contributed by atoms with Gasteiger partial charge in [-0.25, -0.2) is 13.2 Å². The van der Waals surface area contributed by atoms with Crippen LogP contribution in [0.25, 0.3) is 0 Å². The smallest absolute Gasteiger partial charge is 0.288 e. The zero-order valence-electron chi connectivity index (χ0n) is 9.65. The first-order valence-corrected chi connectivity index (χ1v) is 5.75. The number of ketones is 1. The number of carbonyl (C=O) groups is 1. The fraction of sp³-hybridized carbons (Fsp3) is 0.417. The predicted octanol–water partition coefficient (Wildman–Crippen LogP) is 4.33. The van der Waals surface area contributed by atoms with E-state index >= 15 is 0 Å². The summed E-state index contributed by atoms with van der Waals surface area (Å²) in [5.74, 6) is -2.43. The molecule has 94 valence electrons. The number of rotatable bonds is 2. The van der Waals surface area contributed by atoms with Gasteiger partial charge in [-0.2, -0.15) is 0 Å². The molecule has 5 heteroatoms. The molecule has 17 heavy (non-hydrogen) atoms. The van der Waals surface area contributed by atoms with E-state index in [-0.39, 0.29) is 9.89 Å². The van der Waals surface area contributed by atoms with Crippen LogP contribution in [0.4, 0.5) is 13.2 Å². The van der Waals surface area contributed by atoms with Gasteiger partial charge in [0.25, 0.3) is 0 Å². The number of benzene rings is 1. The molecule has 0 radical (unpaired) electrons. The van der Waals surface area contributed by atoms with Crippen molar-refractivity contribution in [1.82, 2.24) is 0 Å². The number of hydrogen-bond acceptors (Lipinski definition) is 1. The SMILES string of the molecule is CC(C)(C)c1cc(Br)c(F)c(C(=O)C(F)F)c1. The highest BCUT2D eigenvalue weighted by molar-refractivity contribution is 9.10. The minimum absolute atomic E-state index is 0.0222. The van der Waals surface area contributed by atoms with E-state index in [0.29, 0.717) is 5.56 Å². The van der Waals surface area contributed by atoms with E-state index in [4.69, 9.17) is 0 Å². The lowest BCUT2D eigenvalue weighted by Gasteiger charge is -2.20. The minimum atomic E-state index is -3.20. The first-order valence-electron chi connectivity index (χ1n) is 4.96. The average molecular weight is 309 g/mol. The third-order valence-corrected chi connectivity index (χ3v) is 2.93. The maximum absolute atomic E-state index is 13.6. The van der Waals surface area contributed by atoms with E-state index < -0.39 is 23.6 Å². The predicted molar refractivity (Wildman–Crippen MR) is 63.1 cm³/mol. The van der Waals surface area contributed by atoms with Crippen LogP contribution in [0.15, 0.2) is 16.6 Å². The molecule has 0 bridgehead atoms. The van der Waals surface area contributed by atoms with E-state index in [1.165, 1.54) is 12.1 Å². The van der Waals surface area contributed by atoms with Crippen LogP contribution in [0.1, 0.15) is 36.7 Å². The Kier molecular flexibility index (Phi) is 4.02. The van der Waals surface area contributed by atoms with Gasteiger partial charge in [-0.15, -0.1) is 0 Å². The van der Waals surface area contributed by atoms with Gasteiger partial charge in [0.15, 0.2) is 0 Å². The van der Waals surface area contributed by atoms with Crippen LogP contribution >= 0.6 is 15.9 Å². The van der Waals surface area contributed by atoms with Gasteiger partial charge in [0.1, 0.15) is 5.82 Å². The molecule has 0 spiro atoms. The van der Waals surface area contributed by atoms with Gasteiger partial charge in [0.05, 0.1) is 10.0 Å². The number of hydrogen-bond donors (Lipinski definition) is 0. The quantitative estimate of drug-likeness (QED) is 0.743. The second-order valence-corrected chi connectivity index (χ2v) is 5.59. The van der Waals surface area contributed by atoms with Gasteiger partial charge < -0.3 is 0 Å². The normalized spacial score (nSPS) is 12.0. The minimum Gasteiger partial charge on any atom is -0.288 e. The van der Waals surface area contributed by atoms with Crippen LogP contribution in [-0.2, 0) is 5.41 Å². The fourth-order valence-corrected chi connectivity index (χ4v) is 1.78. The third kappa shape index (κ3) is 3.09.